The first kappa shape index (κ1) is 22.5. The van der Waals surface area contributed by atoms with Gasteiger partial charge in [-0.25, -0.2) is 15.5 Å². The van der Waals surface area contributed by atoms with Crippen LogP contribution in [0.25, 0.3) is 0 Å². The van der Waals surface area contributed by atoms with Gasteiger partial charge in [-0.3, -0.25) is 0 Å². The zero-order valence-corrected chi connectivity index (χ0v) is 4.63. The van der Waals surface area contributed by atoms with Gasteiger partial charge in [-0.15, -0.1) is 0 Å². The van der Waals surface area contributed by atoms with Gasteiger partial charge in [0.05, 0.1) is 0 Å². The maximum Gasteiger partial charge on any atom is 0.503 e. The molecule has 8 nitrogen and oxygen atoms in total. The molecule has 0 spiro atoms. The minimum Gasteiger partial charge on any atom is -0.450 e. The molecular weight excluding hydrogens is 177 g/mol. The lowest BCUT2D eigenvalue weighted by Crippen LogP contribution is -1.81. The summed E-state index contributed by atoms with van der Waals surface area (Å²) < 4.78 is 0. The standard InChI is InChI=1S/2CH2O3.Al.H3NO.3H/c2*2-1(3)4;;1-2;;;/h2*(H2,2,3,4);;2H,1H2;;;. The summed E-state index contributed by atoms with van der Waals surface area (Å²) in [6, 6.07) is 0. The van der Waals surface area contributed by atoms with Gasteiger partial charge < -0.3 is 25.6 Å². The molecule has 0 heterocycles. The fourth-order valence-corrected chi connectivity index (χ4v) is 0. The highest BCUT2D eigenvalue weighted by molar-refractivity contribution is 5.75. The van der Waals surface area contributed by atoms with Crippen molar-refractivity contribution < 1.29 is 35.2 Å². The molecule has 0 radical (unpaired) electrons. The Morgan fingerprint density at radius 1 is 0.818 bits per heavy atom. The van der Waals surface area contributed by atoms with Crippen molar-refractivity contribution in [2.75, 3.05) is 0 Å². The molecule has 0 aromatic heterocycles. The van der Waals surface area contributed by atoms with Crippen LogP contribution in [-0.2, 0) is 0 Å². The molecule has 0 atom stereocenters. The van der Waals surface area contributed by atoms with Gasteiger partial charge in [0, 0.05) is 0 Å². The van der Waals surface area contributed by atoms with E-state index < -0.39 is 12.3 Å². The average molecular weight is 187 g/mol. The number of hydrogen-bond acceptors (Lipinski definition) is 4. The second kappa shape index (κ2) is 23.0. The third-order valence-electron chi connectivity index (χ3n) is 0. The molecule has 0 saturated carbocycles. The van der Waals surface area contributed by atoms with Gasteiger partial charge in [0.25, 0.3) is 0 Å². The Bertz CT molecular complexity index is 74.4. The summed E-state index contributed by atoms with van der Waals surface area (Å²) in [6.07, 6.45) is -3.67. The molecule has 0 aliphatic carbocycles. The van der Waals surface area contributed by atoms with E-state index in [2.05, 4.69) is 5.90 Å². The maximum atomic E-state index is 8.56. The van der Waals surface area contributed by atoms with E-state index in [1.807, 2.05) is 0 Å². The summed E-state index contributed by atoms with van der Waals surface area (Å²) in [6.45, 7) is 0. The van der Waals surface area contributed by atoms with Gasteiger partial charge in [0.1, 0.15) is 0 Å². The molecule has 0 rings (SSSR count). The monoisotopic (exact) mass is 187 g/mol. The number of nitrogens with two attached hydrogens (primary N) is 1. The molecule has 0 bridgehead atoms. The third-order valence-corrected chi connectivity index (χ3v) is 0. The molecule has 7 N–H and O–H groups in total. The molecular formula is C2H10AlNO7. The van der Waals surface area contributed by atoms with E-state index in [1.165, 1.54) is 0 Å². The molecule has 0 aromatic rings. The number of carboxylic acid groups (broad SMARTS) is 4. The van der Waals surface area contributed by atoms with Crippen LogP contribution < -0.4 is 5.90 Å². The molecule has 0 aliphatic heterocycles. The molecule has 11 heavy (non-hydrogen) atoms. The molecule has 0 amide bonds. The van der Waals surface area contributed by atoms with Crippen LogP contribution in [0.15, 0.2) is 0 Å². The highest BCUT2D eigenvalue weighted by Gasteiger charge is 1.70. The SMILES string of the molecule is NO.O=C(O)O.O=C(O)O.[AlH3]. The van der Waals surface area contributed by atoms with Crippen molar-refractivity contribution in [3.8, 4) is 0 Å². The quantitative estimate of drug-likeness (QED) is 0.199. The van der Waals surface area contributed by atoms with Crippen LogP contribution in [0.1, 0.15) is 0 Å². The number of hydrogen-bond donors (Lipinski definition) is 6. The van der Waals surface area contributed by atoms with E-state index in [0.717, 1.165) is 0 Å². The Morgan fingerprint density at radius 3 is 0.818 bits per heavy atom. The predicted octanol–water partition coefficient (Wildman–Crippen LogP) is -1.40. The average Bonchev–Trinajstić information content (AvgIpc) is 1.66. The van der Waals surface area contributed by atoms with Crippen molar-refractivity contribution >= 4 is 29.7 Å². The van der Waals surface area contributed by atoms with E-state index in [9.17, 15) is 0 Å². The Balaban J connectivity index is -0.0000000339. The van der Waals surface area contributed by atoms with E-state index in [4.69, 9.17) is 35.2 Å². The zero-order valence-electron chi connectivity index (χ0n) is 4.63. The van der Waals surface area contributed by atoms with Gasteiger partial charge >= 0.3 is 12.3 Å². The van der Waals surface area contributed by atoms with Crippen LogP contribution in [0.3, 0.4) is 0 Å². The Kier molecular flexibility index (Phi) is 47.1. The fraction of sp³-hybridized carbons (Fsp3) is 0. The smallest absolute Gasteiger partial charge is 0.450 e. The van der Waals surface area contributed by atoms with E-state index in [-0.39, 0.29) is 17.4 Å². The summed E-state index contributed by atoms with van der Waals surface area (Å²) in [7, 11) is 0. The van der Waals surface area contributed by atoms with Crippen molar-refractivity contribution in [1.82, 2.24) is 0 Å². The highest BCUT2D eigenvalue weighted by atomic mass is 27.0. The largest absolute Gasteiger partial charge is 0.503 e. The third kappa shape index (κ3) is 433. The second-order valence-corrected chi connectivity index (χ2v) is 0.565. The Morgan fingerprint density at radius 2 is 0.818 bits per heavy atom. The van der Waals surface area contributed by atoms with Crippen LogP contribution in [0.5, 0.6) is 0 Å². The summed E-state index contributed by atoms with van der Waals surface area (Å²) >= 11 is 0. The Labute approximate surface area is 71.6 Å². The van der Waals surface area contributed by atoms with Crippen molar-refractivity contribution in [2.24, 2.45) is 5.90 Å². The van der Waals surface area contributed by atoms with Crippen LogP contribution in [0.4, 0.5) is 9.59 Å². The van der Waals surface area contributed by atoms with Crippen molar-refractivity contribution in [3.63, 3.8) is 0 Å². The number of rotatable bonds is 0. The van der Waals surface area contributed by atoms with Gasteiger partial charge in [-0.05, 0) is 0 Å². The first-order valence-electron chi connectivity index (χ1n) is 1.56. The minimum absolute atomic E-state index is 0. The summed E-state index contributed by atoms with van der Waals surface area (Å²) in [5.74, 6) is 3.50. The lowest BCUT2D eigenvalue weighted by atomic mass is 11.5. The van der Waals surface area contributed by atoms with Crippen LogP contribution >= 0.6 is 0 Å². The Hall–Kier alpha value is -1.01. The van der Waals surface area contributed by atoms with Crippen molar-refractivity contribution in [1.29, 1.82) is 0 Å². The lowest BCUT2D eigenvalue weighted by Gasteiger charge is -1.60. The fourth-order valence-electron chi connectivity index (χ4n) is 0. The lowest BCUT2D eigenvalue weighted by molar-refractivity contribution is 0.135. The van der Waals surface area contributed by atoms with E-state index >= 15 is 0 Å². The summed E-state index contributed by atoms with van der Waals surface area (Å²) in [5, 5.41) is 34.4. The minimum atomic E-state index is -1.83. The van der Waals surface area contributed by atoms with Crippen LogP contribution in [-0.4, -0.2) is 55.3 Å². The predicted molar refractivity (Wildman–Crippen MR) is 37.2 cm³/mol. The van der Waals surface area contributed by atoms with Gasteiger partial charge in [-0.2, -0.15) is 0 Å². The van der Waals surface area contributed by atoms with Crippen molar-refractivity contribution in [2.45, 2.75) is 0 Å². The van der Waals surface area contributed by atoms with Crippen molar-refractivity contribution in [3.05, 3.63) is 0 Å². The second-order valence-electron chi connectivity index (χ2n) is 0.565. The molecule has 0 aromatic carbocycles. The summed E-state index contributed by atoms with van der Waals surface area (Å²) in [4.78, 5) is 17.1. The molecule has 0 aliphatic rings. The highest BCUT2D eigenvalue weighted by Crippen LogP contribution is 1.43. The van der Waals surface area contributed by atoms with Gasteiger partial charge in [0.15, 0.2) is 17.4 Å². The van der Waals surface area contributed by atoms with Gasteiger partial charge in [0.2, 0.25) is 0 Å². The van der Waals surface area contributed by atoms with E-state index in [0.29, 0.717) is 0 Å². The first-order valence-corrected chi connectivity index (χ1v) is 1.56. The summed E-state index contributed by atoms with van der Waals surface area (Å²) in [5.41, 5.74) is 0. The van der Waals surface area contributed by atoms with E-state index in [1.54, 1.807) is 0 Å². The number of carbonyl (C=O) groups is 2. The normalized spacial score (nSPS) is 4.91. The zero-order chi connectivity index (χ0) is 9.15. The molecule has 0 saturated heterocycles. The topological polar surface area (TPSA) is 161 Å². The molecule has 9 heteroatoms. The first-order chi connectivity index (χ1) is 4.46. The molecule has 0 unspecified atom stereocenters. The van der Waals surface area contributed by atoms with Gasteiger partial charge in [-0.1, -0.05) is 0 Å². The molecule has 68 valence electrons. The van der Waals surface area contributed by atoms with Crippen LogP contribution in [0.2, 0.25) is 0 Å². The molecule has 0 fully saturated rings. The van der Waals surface area contributed by atoms with Crippen LogP contribution in [0, 0.1) is 0 Å². The maximum absolute atomic E-state index is 8.56.